The highest BCUT2D eigenvalue weighted by Gasteiger charge is 2.24. The number of amides is 1. The third-order valence-electron chi connectivity index (χ3n) is 4.91. The Balaban J connectivity index is 1.72. The molecule has 0 saturated heterocycles. The summed E-state index contributed by atoms with van der Waals surface area (Å²) in [6, 6.07) is 9.61. The maximum atomic E-state index is 13.5. The monoisotopic (exact) mass is 412 g/mol. The van der Waals surface area contributed by atoms with E-state index in [2.05, 4.69) is 40.1 Å². The lowest BCUT2D eigenvalue weighted by Gasteiger charge is -2.22. The number of nitrogens with one attached hydrogen (secondary N) is 1. The number of carbonyl (C=O) groups excluding carboxylic acids is 1. The first-order valence-corrected chi connectivity index (χ1v) is 10.6. The van der Waals surface area contributed by atoms with Crippen molar-refractivity contribution in [3.8, 4) is 11.5 Å². The largest absolute Gasteiger partial charge is 0.486 e. The van der Waals surface area contributed by atoms with Crippen LogP contribution < -0.4 is 19.3 Å². The second-order valence-corrected chi connectivity index (χ2v) is 8.68. The molecule has 29 heavy (non-hydrogen) atoms. The van der Waals surface area contributed by atoms with E-state index in [1.807, 2.05) is 6.07 Å². The third kappa shape index (κ3) is 4.06. The molecule has 1 aliphatic heterocycles. The summed E-state index contributed by atoms with van der Waals surface area (Å²) in [5, 5.41) is 0.731. The van der Waals surface area contributed by atoms with Gasteiger partial charge in [0.15, 0.2) is 16.6 Å². The molecule has 0 spiro atoms. The van der Waals surface area contributed by atoms with Gasteiger partial charge in [0.05, 0.1) is 37.4 Å². The van der Waals surface area contributed by atoms with Gasteiger partial charge in [-0.3, -0.25) is 9.69 Å². The molecule has 0 saturated carbocycles. The fourth-order valence-electron chi connectivity index (χ4n) is 3.43. The molecule has 0 radical (unpaired) electrons. The SMILES string of the molecule is Cc1cc(C)c2sc(N(CC[NH+](C)C)C(=O)c3ccc4c(c3)OCCO4)nc2c1. The Labute approximate surface area is 174 Å². The maximum absolute atomic E-state index is 13.5. The van der Waals surface area contributed by atoms with Crippen molar-refractivity contribution in [2.45, 2.75) is 13.8 Å². The van der Waals surface area contributed by atoms with Crippen LogP contribution in [0.4, 0.5) is 5.13 Å². The van der Waals surface area contributed by atoms with Gasteiger partial charge >= 0.3 is 0 Å². The molecule has 2 heterocycles. The molecular weight excluding hydrogens is 386 g/mol. The van der Waals surface area contributed by atoms with E-state index in [0.717, 1.165) is 21.9 Å². The van der Waals surface area contributed by atoms with E-state index < -0.39 is 0 Å². The standard InChI is InChI=1S/C22H25N3O3S/c1-14-11-15(2)20-17(12-14)23-22(29-20)25(8-7-24(3)4)21(26)16-5-6-18-19(13-16)28-10-9-27-18/h5-6,11-13H,7-10H2,1-4H3/p+1. The minimum absolute atomic E-state index is 0.0725. The minimum Gasteiger partial charge on any atom is -0.486 e. The number of rotatable bonds is 5. The molecular formula is C22H26N3O3S+. The Morgan fingerprint density at radius 3 is 2.66 bits per heavy atom. The van der Waals surface area contributed by atoms with Crippen LogP contribution in [0, 0.1) is 13.8 Å². The number of benzene rings is 2. The highest BCUT2D eigenvalue weighted by Crippen LogP contribution is 2.34. The number of nitrogens with zero attached hydrogens (tertiary/aromatic N) is 2. The van der Waals surface area contributed by atoms with Crippen molar-refractivity contribution in [2.75, 3.05) is 45.3 Å². The molecule has 4 rings (SSSR count). The first-order chi connectivity index (χ1) is 13.9. The fraction of sp³-hybridized carbons (Fsp3) is 0.364. The Hall–Kier alpha value is -2.64. The topological polar surface area (TPSA) is 56.1 Å². The van der Waals surface area contributed by atoms with E-state index in [9.17, 15) is 4.79 Å². The van der Waals surface area contributed by atoms with Gasteiger partial charge in [-0.25, -0.2) is 4.98 Å². The average Bonchev–Trinajstić information content (AvgIpc) is 3.11. The first kappa shape index (κ1) is 19.7. The van der Waals surface area contributed by atoms with E-state index in [1.165, 1.54) is 16.0 Å². The summed E-state index contributed by atoms with van der Waals surface area (Å²) in [7, 11) is 4.16. The van der Waals surface area contributed by atoms with Crippen molar-refractivity contribution in [3.63, 3.8) is 0 Å². The Morgan fingerprint density at radius 1 is 1.14 bits per heavy atom. The van der Waals surface area contributed by atoms with E-state index in [1.54, 1.807) is 28.4 Å². The van der Waals surface area contributed by atoms with E-state index in [0.29, 0.717) is 36.8 Å². The smallest absolute Gasteiger partial charge is 0.260 e. The Kier molecular flexibility index (Phi) is 5.43. The Bertz CT molecular complexity index is 1060. The molecule has 1 amide bonds. The summed E-state index contributed by atoms with van der Waals surface area (Å²) in [6.45, 7) is 6.60. The van der Waals surface area contributed by atoms with Gasteiger partial charge in [-0.2, -0.15) is 0 Å². The number of ether oxygens (including phenoxy) is 2. The number of thiazole rings is 1. The van der Waals surface area contributed by atoms with Gasteiger partial charge in [0.2, 0.25) is 0 Å². The molecule has 3 aromatic rings. The molecule has 0 aliphatic carbocycles. The van der Waals surface area contributed by atoms with Crippen molar-refractivity contribution < 1.29 is 19.2 Å². The summed E-state index contributed by atoms with van der Waals surface area (Å²) in [5.41, 5.74) is 3.89. The third-order valence-corrected chi connectivity index (χ3v) is 6.14. The highest BCUT2D eigenvalue weighted by molar-refractivity contribution is 7.22. The predicted octanol–water partition coefficient (Wildman–Crippen LogP) is 2.48. The number of aryl methyl sites for hydroxylation is 2. The van der Waals surface area contributed by atoms with Crippen LogP contribution in [0.25, 0.3) is 10.2 Å². The number of carbonyl (C=O) groups is 1. The van der Waals surface area contributed by atoms with E-state index in [-0.39, 0.29) is 5.91 Å². The van der Waals surface area contributed by atoms with Crippen molar-refractivity contribution in [1.82, 2.24) is 4.98 Å². The molecule has 1 N–H and O–H groups in total. The average molecular weight is 413 g/mol. The van der Waals surface area contributed by atoms with Gasteiger partial charge in [-0.1, -0.05) is 17.4 Å². The van der Waals surface area contributed by atoms with Crippen molar-refractivity contribution in [2.24, 2.45) is 0 Å². The lowest BCUT2D eigenvalue weighted by atomic mass is 10.1. The van der Waals surface area contributed by atoms with Gasteiger partial charge < -0.3 is 14.4 Å². The molecule has 1 aromatic heterocycles. The number of quaternary nitrogens is 1. The molecule has 6 nitrogen and oxygen atoms in total. The van der Waals surface area contributed by atoms with E-state index >= 15 is 0 Å². The van der Waals surface area contributed by atoms with E-state index in [4.69, 9.17) is 14.5 Å². The van der Waals surface area contributed by atoms with Crippen molar-refractivity contribution >= 4 is 32.6 Å². The molecule has 7 heteroatoms. The normalized spacial score (nSPS) is 13.1. The summed E-state index contributed by atoms with van der Waals surface area (Å²) in [4.78, 5) is 21.3. The van der Waals surface area contributed by atoms with Gasteiger partial charge in [-0.15, -0.1) is 0 Å². The maximum Gasteiger partial charge on any atom is 0.260 e. The zero-order valence-corrected chi connectivity index (χ0v) is 18.1. The fourth-order valence-corrected chi connectivity index (χ4v) is 4.47. The van der Waals surface area contributed by atoms with Gasteiger partial charge in [0, 0.05) is 5.56 Å². The molecule has 0 atom stereocenters. The number of fused-ring (bicyclic) bond motifs is 2. The first-order valence-electron chi connectivity index (χ1n) is 9.80. The summed E-state index contributed by atoms with van der Waals surface area (Å²) in [5.74, 6) is 1.23. The van der Waals surface area contributed by atoms with Crippen LogP contribution in [0.15, 0.2) is 30.3 Å². The number of likely N-dealkylation sites (N-methyl/N-ethyl adjacent to an activating group) is 1. The lowest BCUT2D eigenvalue weighted by molar-refractivity contribution is -0.856. The van der Waals surface area contributed by atoms with Gasteiger partial charge in [0.1, 0.15) is 13.2 Å². The Morgan fingerprint density at radius 2 is 1.90 bits per heavy atom. The van der Waals surface area contributed by atoms with Crippen LogP contribution in [-0.4, -0.2) is 51.3 Å². The summed E-state index contributed by atoms with van der Waals surface area (Å²) >= 11 is 1.57. The molecule has 2 aromatic carbocycles. The van der Waals surface area contributed by atoms with Crippen LogP contribution in [-0.2, 0) is 0 Å². The van der Waals surface area contributed by atoms with Crippen LogP contribution in [0.2, 0.25) is 0 Å². The quantitative estimate of drug-likeness (QED) is 0.700. The van der Waals surface area contributed by atoms with Crippen molar-refractivity contribution in [3.05, 3.63) is 47.0 Å². The molecule has 152 valence electrons. The lowest BCUT2D eigenvalue weighted by Crippen LogP contribution is -3.06. The van der Waals surface area contributed by atoms with Gasteiger partial charge in [0.25, 0.3) is 5.91 Å². The van der Waals surface area contributed by atoms with Crippen LogP contribution in [0.1, 0.15) is 21.5 Å². The molecule has 1 aliphatic rings. The molecule has 0 fully saturated rings. The number of hydrogen-bond donors (Lipinski definition) is 1. The second-order valence-electron chi connectivity index (χ2n) is 7.70. The molecule has 0 bridgehead atoms. The highest BCUT2D eigenvalue weighted by atomic mass is 32.1. The molecule has 0 unspecified atom stereocenters. The number of aromatic nitrogens is 1. The van der Waals surface area contributed by atoms with Crippen LogP contribution >= 0.6 is 11.3 Å². The summed E-state index contributed by atoms with van der Waals surface area (Å²) < 4.78 is 12.4. The second kappa shape index (κ2) is 8.00. The summed E-state index contributed by atoms with van der Waals surface area (Å²) in [6.07, 6.45) is 0. The number of hydrogen-bond acceptors (Lipinski definition) is 5. The van der Waals surface area contributed by atoms with Gasteiger partial charge in [-0.05, 0) is 49.2 Å². The van der Waals surface area contributed by atoms with Crippen molar-refractivity contribution in [1.29, 1.82) is 0 Å². The van der Waals surface area contributed by atoms with Crippen LogP contribution in [0.5, 0.6) is 11.5 Å². The number of anilines is 1. The minimum atomic E-state index is -0.0725. The predicted molar refractivity (Wildman–Crippen MR) is 116 cm³/mol. The zero-order chi connectivity index (χ0) is 20.5. The van der Waals surface area contributed by atoms with Crippen LogP contribution in [0.3, 0.4) is 0 Å². The zero-order valence-electron chi connectivity index (χ0n) is 17.2.